The van der Waals surface area contributed by atoms with Crippen LogP contribution in [0.4, 0.5) is 5.69 Å². The molecule has 4 rings (SSSR count). The molecule has 0 aliphatic carbocycles. The van der Waals surface area contributed by atoms with Crippen LogP contribution in [0.1, 0.15) is 24.5 Å². The van der Waals surface area contributed by atoms with E-state index in [9.17, 15) is 5.11 Å². The van der Waals surface area contributed by atoms with Crippen LogP contribution in [-0.4, -0.2) is 49.3 Å². The second-order valence-corrected chi connectivity index (χ2v) is 9.19. The molecule has 1 saturated heterocycles. The van der Waals surface area contributed by atoms with Crippen molar-refractivity contribution >= 4 is 28.4 Å². The van der Waals surface area contributed by atoms with Gasteiger partial charge in [0.1, 0.15) is 11.4 Å². The molecule has 1 fully saturated rings. The highest BCUT2D eigenvalue weighted by atomic mass is 32.1. The summed E-state index contributed by atoms with van der Waals surface area (Å²) < 4.78 is 5.54. The van der Waals surface area contributed by atoms with Crippen LogP contribution in [0.5, 0.6) is 5.75 Å². The second kappa shape index (κ2) is 8.88. The number of rotatable bonds is 7. The summed E-state index contributed by atoms with van der Waals surface area (Å²) in [6.45, 7) is 6.10. The van der Waals surface area contributed by atoms with Gasteiger partial charge in [0.25, 0.3) is 0 Å². The standard InChI is InChI=1S/C23H28N2O2S2/c1-18(15-23(26,19-7-13-28-16-19)20-8-14-29-17-20)24-9-11-25(12-10-24)21-5-3-4-6-22(21)27-2/h3-8,13-14,16-18,26H,9-12,15H2,1-2H3. The number of thiophene rings is 2. The van der Waals surface area contributed by atoms with Crippen molar-refractivity contribution in [3.63, 3.8) is 0 Å². The van der Waals surface area contributed by atoms with Crippen molar-refractivity contribution in [1.29, 1.82) is 0 Å². The van der Waals surface area contributed by atoms with E-state index in [1.807, 2.05) is 22.9 Å². The van der Waals surface area contributed by atoms with Crippen LogP contribution in [0.2, 0.25) is 0 Å². The molecular weight excluding hydrogens is 400 g/mol. The molecule has 0 radical (unpaired) electrons. The fourth-order valence-electron chi connectivity index (χ4n) is 4.25. The predicted octanol–water partition coefficient (Wildman–Crippen LogP) is 4.65. The lowest BCUT2D eigenvalue weighted by atomic mass is 9.84. The Hall–Kier alpha value is -1.86. The van der Waals surface area contributed by atoms with Crippen molar-refractivity contribution in [3.05, 3.63) is 69.0 Å². The molecule has 29 heavy (non-hydrogen) atoms. The molecule has 1 atom stereocenters. The van der Waals surface area contributed by atoms with Crippen LogP contribution in [-0.2, 0) is 5.60 Å². The number of anilines is 1. The molecule has 0 spiro atoms. The van der Waals surface area contributed by atoms with Gasteiger partial charge in [-0.3, -0.25) is 4.90 Å². The zero-order valence-electron chi connectivity index (χ0n) is 17.0. The number of ether oxygens (including phenoxy) is 1. The van der Waals surface area contributed by atoms with E-state index in [-0.39, 0.29) is 6.04 Å². The first-order valence-corrected chi connectivity index (χ1v) is 11.9. The Balaban J connectivity index is 1.45. The molecule has 6 heteroatoms. The van der Waals surface area contributed by atoms with Crippen LogP contribution < -0.4 is 9.64 Å². The molecule has 4 nitrogen and oxygen atoms in total. The van der Waals surface area contributed by atoms with Gasteiger partial charge in [-0.15, -0.1) is 0 Å². The SMILES string of the molecule is COc1ccccc1N1CCN(C(C)CC(O)(c2ccsc2)c2ccsc2)CC1. The number of piperazine rings is 1. The Labute approximate surface area is 181 Å². The third-order valence-electron chi connectivity index (χ3n) is 5.95. The normalized spacial score (nSPS) is 16.7. The Morgan fingerprint density at radius 2 is 1.62 bits per heavy atom. The van der Waals surface area contributed by atoms with Gasteiger partial charge in [-0.1, -0.05) is 12.1 Å². The van der Waals surface area contributed by atoms with Gasteiger partial charge in [0.15, 0.2) is 0 Å². The number of aliphatic hydroxyl groups is 1. The number of hydrogen-bond acceptors (Lipinski definition) is 6. The third kappa shape index (κ3) is 4.21. The molecule has 0 amide bonds. The molecule has 1 aromatic carbocycles. The molecule has 3 aromatic rings. The van der Waals surface area contributed by atoms with Crippen molar-refractivity contribution in [2.75, 3.05) is 38.2 Å². The Bertz CT molecular complexity index is 853. The minimum Gasteiger partial charge on any atom is -0.495 e. The maximum atomic E-state index is 11.7. The lowest BCUT2D eigenvalue weighted by Crippen LogP contribution is -2.51. The zero-order chi connectivity index (χ0) is 20.3. The Kier molecular flexibility index (Phi) is 6.25. The van der Waals surface area contributed by atoms with Crippen molar-refractivity contribution in [1.82, 2.24) is 4.90 Å². The van der Waals surface area contributed by atoms with Gasteiger partial charge in [0, 0.05) is 32.2 Å². The van der Waals surface area contributed by atoms with Crippen LogP contribution in [0, 0.1) is 0 Å². The Morgan fingerprint density at radius 3 is 2.17 bits per heavy atom. The van der Waals surface area contributed by atoms with Gasteiger partial charge in [0.2, 0.25) is 0 Å². The van der Waals surface area contributed by atoms with E-state index in [1.54, 1.807) is 29.8 Å². The average Bonchev–Trinajstić information content (AvgIpc) is 3.48. The third-order valence-corrected chi connectivity index (χ3v) is 7.32. The van der Waals surface area contributed by atoms with E-state index < -0.39 is 5.60 Å². The van der Waals surface area contributed by atoms with Crippen LogP contribution >= 0.6 is 22.7 Å². The van der Waals surface area contributed by atoms with E-state index in [4.69, 9.17) is 4.74 Å². The van der Waals surface area contributed by atoms with Crippen LogP contribution in [0.15, 0.2) is 57.9 Å². The molecule has 1 unspecified atom stereocenters. The number of methoxy groups -OCH3 is 1. The summed E-state index contributed by atoms with van der Waals surface area (Å²) >= 11 is 3.28. The van der Waals surface area contributed by atoms with E-state index >= 15 is 0 Å². The van der Waals surface area contributed by atoms with E-state index in [2.05, 4.69) is 51.7 Å². The number of nitrogens with zero attached hydrogens (tertiary/aromatic N) is 2. The first-order valence-electron chi connectivity index (χ1n) is 10.0. The maximum absolute atomic E-state index is 11.7. The summed E-state index contributed by atoms with van der Waals surface area (Å²) in [5.41, 5.74) is 2.23. The molecule has 0 bridgehead atoms. The predicted molar refractivity (Wildman–Crippen MR) is 122 cm³/mol. The van der Waals surface area contributed by atoms with Gasteiger partial charge in [-0.05, 0) is 70.3 Å². The zero-order valence-corrected chi connectivity index (χ0v) is 18.6. The molecule has 1 N–H and O–H groups in total. The smallest absolute Gasteiger partial charge is 0.142 e. The van der Waals surface area contributed by atoms with Gasteiger partial charge in [0.05, 0.1) is 12.8 Å². The number of para-hydroxylation sites is 2. The average molecular weight is 429 g/mol. The number of hydrogen-bond donors (Lipinski definition) is 1. The quantitative estimate of drug-likeness (QED) is 0.594. The van der Waals surface area contributed by atoms with Gasteiger partial charge < -0.3 is 14.7 Å². The first kappa shape index (κ1) is 20.4. The van der Waals surface area contributed by atoms with Crippen LogP contribution in [0.3, 0.4) is 0 Å². The van der Waals surface area contributed by atoms with Crippen molar-refractivity contribution in [2.24, 2.45) is 0 Å². The van der Waals surface area contributed by atoms with E-state index in [0.29, 0.717) is 6.42 Å². The highest BCUT2D eigenvalue weighted by Gasteiger charge is 2.36. The summed E-state index contributed by atoms with van der Waals surface area (Å²) in [6.07, 6.45) is 0.690. The van der Waals surface area contributed by atoms with Gasteiger partial charge in [-0.25, -0.2) is 0 Å². The maximum Gasteiger partial charge on any atom is 0.142 e. The summed E-state index contributed by atoms with van der Waals surface area (Å²) in [5.74, 6) is 0.929. The summed E-state index contributed by atoms with van der Waals surface area (Å²) in [7, 11) is 1.73. The molecule has 1 aliphatic heterocycles. The Morgan fingerprint density at radius 1 is 1.00 bits per heavy atom. The lowest BCUT2D eigenvalue weighted by molar-refractivity contribution is 0.0360. The van der Waals surface area contributed by atoms with E-state index in [0.717, 1.165) is 48.7 Å². The van der Waals surface area contributed by atoms with Crippen molar-refractivity contribution in [2.45, 2.75) is 25.0 Å². The minimum absolute atomic E-state index is 0.277. The summed E-state index contributed by atoms with van der Waals surface area (Å²) in [6, 6.07) is 12.6. The second-order valence-electron chi connectivity index (χ2n) is 7.63. The highest BCUT2D eigenvalue weighted by Crippen LogP contribution is 2.38. The topological polar surface area (TPSA) is 35.9 Å². The monoisotopic (exact) mass is 428 g/mol. The molecule has 3 heterocycles. The molecule has 154 valence electrons. The van der Waals surface area contributed by atoms with E-state index in [1.165, 1.54) is 0 Å². The summed E-state index contributed by atoms with van der Waals surface area (Å²) in [5, 5.41) is 19.9. The van der Waals surface area contributed by atoms with Crippen molar-refractivity contribution < 1.29 is 9.84 Å². The fourth-order valence-corrected chi connectivity index (χ4v) is 5.70. The summed E-state index contributed by atoms with van der Waals surface area (Å²) in [4.78, 5) is 4.89. The van der Waals surface area contributed by atoms with Gasteiger partial charge >= 0.3 is 0 Å². The van der Waals surface area contributed by atoms with Crippen molar-refractivity contribution in [3.8, 4) is 5.75 Å². The van der Waals surface area contributed by atoms with Crippen LogP contribution in [0.25, 0.3) is 0 Å². The lowest BCUT2D eigenvalue weighted by Gasteiger charge is -2.41. The highest BCUT2D eigenvalue weighted by molar-refractivity contribution is 7.08. The van der Waals surface area contributed by atoms with Gasteiger partial charge in [-0.2, -0.15) is 22.7 Å². The largest absolute Gasteiger partial charge is 0.495 e. The molecule has 2 aromatic heterocycles. The number of benzene rings is 1. The fraction of sp³-hybridized carbons (Fsp3) is 0.391. The first-order chi connectivity index (χ1) is 14.1. The molecule has 0 saturated carbocycles. The molecular formula is C23H28N2O2S2. The molecule has 1 aliphatic rings. The minimum atomic E-state index is -0.931.